The first kappa shape index (κ1) is 9.58. The Morgan fingerprint density at radius 2 is 2.38 bits per heavy atom. The van der Waals surface area contributed by atoms with Gasteiger partial charge in [-0.15, -0.1) is 0 Å². The van der Waals surface area contributed by atoms with Gasteiger partial charge in [-0.1, -0.05) is 6.92 Å². The van der Waals surface area contributed by atoms with Crippen molar-refractivity contribution in [3.8, 4) is 0 Å². The van der Waals surface area contributed by atoms with Crippen LogP contribution in [0.2, 0.25) is 0 Å². The van der Waals surface area contributed by atoms with Crippen molar-refractivity contribution in [3.05, 3.63) is 29.4 Å². The SMILES string of the molecule is CC/C(C=O)=C/c1ccnc(C)n1. The van der Waals surface area contributed by atoms with Gasteiger partial charge in [0.2, 0.25) is 0 Å². The van der Waals surface area contributed by atoms with Crippen LogP contribution >= 0.6 is 0 Å². The van der Waals surface area contributed by atoms with Gasteiger partial charge < -0.3 is 0 Å². The summed E-state index contributed by atoms with van der Waals surface area (Å²) < 4.78 is 0. The highest BCUT2D eigenvalue weighted by Gasteiger charge is 1.94. The van der Waals surface area contributed by atoms with Crippen LogP contribution in [-0.4, -0.2) is 16.3 Å². The van der Waals surface area contributed by atoms with E-state index in [1.165, 1.54) is 0 Å². The van der Waals surface area contributed by atoms with E-state index in [0.29, 0.717) is 0 Å². The Balaban J connectivity index is 2.95. The summed E-state index contributed by atoms with van der Waals surface area (Å²) in [5, 5.41) is 0. The Labute approximate surface area is 77.5 Å². The Morgan fingerprint density at radius 3 is 2.92 bits per heavy atom. The van der Waals surface area contributed by atoms with Crippen LogP contribution < -0.4 is 0 Å². The molecule has 3 heteroatoms. The summed E-state index contributed by atoms with van der Waals surface area (Å²) in [6, 6.07) is 1.78. The standard InChI is InChI=1S/C10H12N2O/c1-3-9(7-13)6-10-4-5-11-8(2)12-10/h4-7H,3H2,1-2H3/b9-6-. The average Bonchev–Trinajstić information content (AvgIpc) is 2.14. The molecule has 0 spiro atoms. The molecule has 0 fully saturated rings. The van der Waals surface area contributed by atoms with E-state index in [-0.39, 0.29) is 0 Å². The van der Waals surface area contributed by atoms with Gasteiger partial charge in [-0.05, 0) is 31.1 Å². The first-order valence-corrected chi connectivity index (χ1v) is 4.21. The van der Waals surface area contributed by atoms with Crippen LogP contribution in [0, 0.1) is 6.92 Å². The Morgan fingerprint density at radius 1 is 1.62 bits per heavy atom. The Hall–Kier alpha value is -1.51. The lowest BCUT2D eigenvalue weighted by Gasteiger charge is -1.96. The van der Waals surface area contributed by atoms with E-state index in [2.05, 4.69) is 9.97 Å². The van der Waals surface area contributed by atoms with Gasteiger partial charge in [0.15, 0.2) is 0 Å². The van der Waals surface area contributed by atoms with E-state index in [4.69, 9.17) is 0 Å². The zero-order valence-corrected chi connectivity index (χ0v) is 7.82. The number of nitrogens with zero attached hydrogens (tertiary/aromatic N) is 2. The quantitative estimate of drug-likeness (QED) is 0.520. The van der Waals surface area contributed by atoms with Crippen molar-refractivity contribution in [3.63, 3.8) is 0 Å². The molecule has 0 aliphatic rings. The fourth-order valence-corrected chi connectivity index (χ4v) is 0.964. The van der Waals surface area contributed by atoms with Gasteiger partial charge in [-0.25, -0.2) is 9.97 Å². The van der Waals surface area contributed by atoms with Crippen LogP contribution in [0.3, 0.4) is 0 Å². The number of aryl methyl sites for hydroxylation is 1. The second-order valence-electron chi connectivity index (χ2n) is 2.72. The minimum Gasteiger partial charge on any atom is -0.298 e. The highest BCUT2D eigenvalue weighted by atomic mass is 16.1. The number of aldehydes is 1. The number of rotatable bonds is 3. The van der Waals surface area contributed by atoms with Crippen molar-refractivity contribution in [2.45, 2.75) is 20.3 Å². The number of carbonyl (C=O) groups excluding carboxylic acids is 1. The van der Waals surface area contributed by atoms with Gasteiger partial charge in [0.1, 0.15) is 12.1 Å². The summed E-state index contributed by atoms with van der Waals surface area (Å²) in [4.78, 5) is 18.6. The van der Waals surface area contributed by atoms with Gasteiger partial charge in [0.05, 0.1) is 5.69 Å². The van der Waals surface area contributed by atoms with Crippen LogP contribution in [0.4, 0.5) is 0 Å². The van der Waals surface area contributed by atoms with Gasteiger partial charge in [0.25, 0.3) is 0 Å². The van der Waals surface area contributed by atoms with Gasteiger partial charge >= 0.3 is 0 Å². The molecule has 0 saturated heterocycles. The van der Waals surface area contributed by atoms with E-state index in [0.717, 1.165) is 29.8 Å². The highest BCUT2D eigenvalue weighted by Crippen LogP contribution is 2.04. The maximum absolute atomic E-state index is 10.5. The average molecular weight is 176 g/mol. The van der Waals surface area contributed by atoms with Crippen molar-refractivity contribution in [2.75, 3.05) is 0 Å². The lowest BCUT2D eigenvalue weighted by molar-refractivity contribution is -0.104. The first-order chi connectivity index (χ1) is 6.26. The monoisotopic (exact) mass is 176 g/mol. The van der Waals surface area contributed by atoms with Crippen molar-refractivity contribution >= 4 is 12.4 Å². The molecule has 68 valence electrons. The molecule has 0 aliphatic carbocycles. The zero-order valence-electron chi connectivity index (χ0n) is 7.82. The van der Waals surface area contributed by atoms with E-state index < -0.39 is 0 Å². The van der Waals surface area contributed by atoms with Crippen LogP contribution in [0.5, 0.6) is 0 Å². The van der Waals surface area contributed by atoms with Gasteiger partial charge in [-0.2, -0.15) is 0 Å². The Bertz CT molecular complexity index is 331. The zero-order chi connectivity index (χ0) is 9.68. The van der Waals surface area contributed by atoms with Crippen molar-refractivity contribution < 1.29 is 4.79 Å². The molecule has 1 heterocycles. The molecule has 0 bridgehead atoms. The Kier molecular flexibility index (Phi) is 3.31. The molecule has 0 N–H and O–H groups in total. The maximum atomic E-state index is 10.5. The van der Waals surface area contributed by atoms with Crippen LogP contribution in [0.15, 0.2) is 17.8 Å². The molecular formula is C10H12N2O. The molecule has 0 aromatic carbocycles. The molecule has 1 rings (SSSR count). The maximum Gasteiger partial charge on any atom is 0.146 e. The van der Waals surface area contributed by atoms with Gasteiger partial charge in [0, 0.05) is 6.20 Å². The molecular weight excluding hydrogens is 164 g/mol. The molecule has 0 amide bonds. The van der Waals surface area contributed by atoms with Crippen molar-refractivity contribution in [1.82, 2.24) is 9.97 Å². The van der Waals surface area contributed by atoms with E-state index in [1.54, 1.807) is 18.3 Å². The third-order valence-corrected chi connectivity index (χ3v) is 1.69. The van der Waals surface area contributed by atoms with Crippen LogP contribution in [0.1, 0.15) is 24.9 Å². The highest BCUT2D eigenvalue weighted by molar-refractivity contribution is 5.80. The number of hydrogen-bond acceptors (Lipinski definition) is 3. The molecule has 0 atom stereocenters. The molecule has 13 heavy (non-hydrogen) atoms. The topological polar surface area (TPSA) is 42.9 Å². The minimum atomic E-state index is 0.718. The molecule has 0 aliphatic heterocycles. The molecule has 1 aromatic rings. The normalized spacial score (nSPS) is 11.4. The number of hydrogen-bond donors (Lipinski definition) is 0. The summed E-state index contributed by atoms with van der Waals surface area (Å²) in [6.45, 7) is 3.76. The summed E-state index contributed by atoms with van der Waals surface area (Å²) >= 11 is 0. The fourth-order valence-electron chi connectivity index (χ4n) is 0.964. The number of carbonyl (C=O) groups is 1. The van der Waals surface area contributed by atoms with Crippen LogP contribution in [-0.2, 0) is 4.79 Å². The molecule has 0 radical (unpaired) electrons. The third kappa shape index (κ3) is 2.78. The van der Waals surface area contributed by atoms with E-state index >= 15 is 0 Å². The van der Waals surface area contributed by atoms with Crippen molar-refractivity contribution in [2.24, 2.45) is 0 Å². The van der Waals surface area contributed by atoms with Crippen LogP contribution in [0.25, 0.3) is 6.08 Å². The fraction of sp³-hybridized carbons (Fsp3) is 0.300. The first-order valence-electron chi connectivity index (χ1n) is 4.21. The second-order valence-corrected chi connectivity index (χ2v) is 2.72. The smallest absolute Gasteiger partial charge is 0.146 e. The molecule has 3 nitrogen and oxygen atoms in total. The predicted molar refractivity (Wildman–Crippen MR) is 51.1 cm³/mol. The third-order valence-electron chi connectivity index (χ3n) is 1.69. The van der Waals surface area contributed by atoms with E-state index in [9.17, 15) is 4.79 Å². The molecule has 0 saturated carbocycles. The van der Waals surface area contributed by atoms with Crippen molar-refractivity contribution in [1.29, 1.82) is 0 Å². The van der Waals surface area contributed by atoms with E-state index in [1.807, 2.05) is 13.8 Å². The molecule has 1 aromatic heterocycles. The summed E-state index contributed by atoms with van der Waals surface area (Å²) in [5.41, 5.74) is 1.54. The van der Waals surface area contributed by atoms with Gasteiger partial charge in [-0.3, -0.25) is 4.79 Å². The largest absolute Gasteiger partial charge is 0.298 e. The minimum absolute atomic E-state index is 0.718. The predicted octanol–water partition coefficient (Wildman–Crippen LogP) is 1.78. The lowest BCUT2D eigenvalue weighted by Crippen LogP contribution is -1.90. The second kappa shape index (κ2) is 4.50. The number of aromatic nitrogens is 2. The lowest BCUT2D eigenvalue weighted by atomic mass is 10.2. The summed E-state index contributed by atoms with van der Waals surface area (Å²) in [6.07, 6.45) is 5.05. The molecule has 0 unspecified atom stereocenters. The summed E-state index contributed by atoms with van der Waals surface area (Å²) in [5.74, 6) is 0.718. The summed E-state index contributed by atoms with van der Waals surface area (Å²) in [7, 11) is 0. The number of allylic oxidation sites excluding steroid dienone is 1.